The summed E-state index contributed by atoms with van der Waals surface area (Å²) in [5.74, 6) is 1.61. The molecule has 0 amide bonds. The Hall–Kier alpha value is -2.07. The first-order valence-electron chi connectivity index (χ1n) is 12.2. The largest absolute Gasteiger partial charge is 0.197 e. The summed E-state index contributed by atoms with van der Waals surface area (Å²) in [5.41, 5.74) is 4.88. The minimum atomic E-state index is -0.284. The van der Waals surface area contributed by atoms with Crippen molar-refractivity contribution in [2.45, 2.75) is 90.4 Å². The Morgan fingerprint density at radius 1 is 0.933 bits per heavy atom. The maximum Gasteiger partial charge on any atom is 0.0822 e. The lowest BCUT2D eigenvalue weighted by Crippen LogP contribution is -2.30. The average molecular weight is 402 g/mol. The monoisotopic (exact) mass is 401 g/mol. The second kappa shape index (κ2) is 10.8. The lowest BCUT2D eigenvalue weighted by molar-refractivity contribution is 0.241. The van der Waals surface area contributed by atoms with Gasteiger partial charge in [0.2, 0.25) is 0 Å². The smallest absolute Gasteiger partial charge is 0.0822 e. The number of nitriles is 1. The Balaban J connectivity index is 1.65. The highest BCUT2D eigenvalue weighted by Gasteiger charge is 2.37. The van der Waals surface area contributed by atoms with Crippen LogP contribution in [0.15, 0.2) is 48.5 Å². The molecule has 1 atom stereocenters. The van der Waals surface area contributed by atoms with Gasteiger partial charge in [-0.3, -0.25) is 0 Å². The van der Waals surface area contributed by atoms with Gasteiger partial charge in [-0.2, -0.15) is 5.26 Å². The fourth-order valence-corrected chi connectivity index (χ4v) is 5.03. The Labute approximate surface area is 184 Å². The maximum absolute atomic E-state index is 10.1. The lowest BCUT2D eigenvalue weighted by atomic mass is 9.66. The number of hydrogen-bond acceptors (Lipinski definition) is 1. The molecule has 0 saturated heterocycles. The molecule has 0 heterocycles. The Kier molecular flexibility index (Phi) is 8.15. The number of benzene rings is 2. The fraction of sp³-hybridized carbons (Fsp3) is 0.552. The van der Waals surface area contributed by atoms with Crippen molar-refractivity contribution in [3.8, 4) is 17.2 Å². The van der Waals surface area contributed by atoms with Crippen LogP contribution >= 0.6 is 0 Å². The maximum atomic E-state index is 10.1. The molecule has 0 N–H and O–H groups in total. The molecular weight excluding hydrogens is 362 g/mol. The Morgan fingerprint density at radius 3 is 2.07 bits per heavy atom. The van der Waals surface area contributed by atoms with Crippen molar-refractivity contribution in [3.63, 3.8) is 0 Å². The Morgan fingerprint density at radius 2 is 1.53 bits per heavy atom. The van der Waals surface area contributed by atoms with E-state index in [-0.39, 0.29) is 5.41 Å². The van der Waals surface area contributed by atoms with E-state index in [2.05, 4.69) is 75.4 Å². The van der Waals surface area contributed by atoms with Crippen LogP contribution in [0.4, 0.5) is 0 Å². The lowest BCUT2D eigenvalue weighted by Gasteiger charge is -2.36. The number of rotatable bonds is 9. The van der Waals surface area contributed by atoms with Gasteiger partial charge in [-0.05, 0) is 79.0 Å². The molecule has 0 bridgehead atoms. The molecule has 0 radical (unpaired) electrons. The molecule has 2 aromatic carbocycles. The van der Waals surface area contributed by atoms with E-state index < -0.39 is 0 Å². The van der Waals surface area contributed by atoms with Crippen molar-refractivity contribution < 1.29 is 0 Å². The summed E-state index contributed by atoms with van der Waals surface area (Å²) >= 11 is 0. The van der Waals surface area contributed by atoms with Crippen molar-refractivity contribution in [3.05, 3.63) is 59.7 Å². The van der Waals surface area contributed by atoms with Crippen LogP contribution in [0, 0.1) is 23.2 Å². The minimum Gasteiger partial charge on any atom is -0.197 e. The fourth-order valence-electron chi connectivity index (χ4n) is 5.03. The van der Waals surface area contributed by atoms with Crippen LogP contribution in [0.2, 0.25) is 0 Å². The van der Waals surface area contributed by atoms with E-state index in [1.54, 1.807) is 0 Å². The van der Waals surface area contributed by atoms with Crippen molar-refractivity contribution in [1.29, 1.82) is 5.26 Å². The molecular formula is C29H39N. The molecule has 1 aliphatic carbocycles. The summed E-state index contributed by atoms with van der Waals surface area (Å²) in [6, 6.07) is 20.6. The Bertz CT molecular complexity index is 801. The van der Waals surface area contributed by atoms with Gasteiger partial charge in [0.05, 0.1) is 11.5 Å². The molecule has 0 aliphatic heterocycles. The van der Waals surface area contributed by atoms with Gasteiger partial charge in [0, 0.05) is 0 Å². The SMILES string of the molecule is CCCCCc1ccc(-c2ccc(C3(C#N)CCC(CC(C)CC)CC3)cc2)cc1. The highest BCUT2D eigenvalue weighted by atomic mass is 14.4. The number of hydrogen-bond donors (Lipinski definition) is 0. The minimum absolute atomic E-state index is 0.284. The van der Waals surface area contributed by atoms with Crippen LogP contribution in [-0.2, 0) is 11.8 Å². The standard InChI is InChI=1S/C29H39N/c1-4-6-7-8-24-9-11-26(12-10-24)27-13-15-28(16-14-27)29(22-30)19-17-25(18-20-29)21-23(3)5-2/h9-16,23,25H,4-8,17-21H2,1-3H3. The number of unbranched alkanes of at least 4 members (excludes halogenated alkanes) is 2. The first kappa shape index (κ1) is 22.6. The van der Waals surface area contributed by atoms with Crippen LogP contribution < -0.4 is 0 Å². The van der Waals surface area contributed by atoms with E-state index in [4.69, 9.17) is 0 Å². The van der Waals surface area contributed by atoms with Crippen molar-refractivity contribution in [2.24, 2.45) is 11.8 Å². The van der Waals surface area contributed by atoms with Crippen molar-refractivity contribution >= 4 is 0 Å². The zero-order valence-electron chi connectivity index (χ0n) is 19.3. The van der Waals surface area contributed by atoms with Gasteiger partial charge in [0.25, 0.3) is 0 Å². The number of aryl methyl sites for hydroxylation is 1. The van der Waals surface area contributed by atoms with Crippen LogP contribution in [0.1, 0.15) is 89.7 Å². The van der Waals surface area contributed by atoms with E-state index in [0.29, 0.717) is 0 Å². The molecule has 2 aromatic rings. The zero-order valence-corrected chi connectivity index (χ0v) is 19.3. The number of nitrogens with zero attached hydrogens (tertiary/aromatic N) is 1. The van der Waals surface area contributed by atoms with E-state index in [9.17, 15) is 5.26 Å². The molecule has 1 saturated carbocycles. The van der Waals surface area contributed by atoms with E-state index in [1.165, 1.54) is 73.6 Å². The van der Waals surface area contributed by atoms with Crippen LogP contribution in [0.25, 0.3) is 11.1 Å². The zero-order chi connectivity index (χ0) is 21.4. The van der Waals surface area contributed by atoms with E-state index >= 15 is 0 Å². The molecule has 1 heteroatoms. The molecule has 0 aromatic heterocycles. The summed E-state index contributed by atoms with van der Waals surface area (Å²) in [5, 5.41) is 10.1. The molecule has 1 fully saturated rings. The summed E-state index contributed by atoms with van der Waals surface area (Å²) in [7, 11) is 0. The first-order valence-corrected chi connectivity index (χ1v) is 12.2. The first-order chi connectivity index (χ1) is 14.6. The van der Waals surface area contributed by atoms with E-state index in [0.717, 1.165) is 24.7 Å². The highest BCUT2D eigenvalue weighted by molar-refractivity contribution is 5.64. The third kappa shape index (κ3) is 5.54. The highest BCUT2D eigenvalue weighted by Crippen LogP contribution is 2.43. The van der Waals surface area contributed by atoms with Gasteiger partial charge in [0.15, 0.2) is 0 Å². The third-order valence-electron chi connectivity index (χ3n) is 7.40. The molecule has 1 unspecified atom stereocenters. The molecule has 1 nitrogen and oxygen atoms in total. The third-order valence-corrected chi connectivity index (χ3v) is 7.40. The average Bonchev–Trinajstić information content (AvgIpc) is 2.80. The van der Waals surface area contributed by atoms with Crippen LogP contribution in [0.5, 0.6) is 0 Å². The van der Waals surface area contributed by atoms with Gasteiger partial charge >= 0.3 is 0 Å². The van der Waals surface area contributed by atoms with E-state index in [1.807, 2.05) is 0 Å². The summed E-state index contributed by atoms with van der Waals surface area (Å²) < 4.78 is 0. The molecule has 160 valence electrons. The molecule has 30 heavy (non-hydrogen) atoms. The summed E-state index contributed by atoms with van der Waals surface area (Å²) in [6.07, 6.45) is 12.0. The van der Waals surface area contributed by atoms with Crippen molar-refractivity contribution in [2.75, 3.05) is 0 Å². The quantitative estimate of drug-likeness (QED) is 0.386. The van der Waals surface area contributed by atoms with Crippen LogP contribution in [-0.4, -0.2) is 0 Å². The van der Waals surface area contributed by atoms with Gasteiger partial charge in [0.1, 0.15) is 0 Å². The predicted molar refractivity (Wildman–Crippen MR) is 128 cm³/mol. The topological polar surface area (TPSA) is 23.8 Å². The van der Waals surface area contributed by atoms with Gasteiger partial charge in [-0.1, -0.05) is 88.6 Å². The molecule has 1 aliphatic rings. The predicted octanol–water partition coefficient (Wildman–Crippen LogP) is 8.47. The normalized spacial score (nSPS) is 22.4. The summed E-state index contributed by atoms with van der Waals surface area (Å²) in [4.78, 5) is 0. The van der Waals surface area contributed by atoms with Gasteiger partial charge < -0.3 is 0 Å². The molecule has 3 rings (SSSR count). The van der Waals surface area contributed by atoms with Crippen LogP contribution in [0.3, 0.4) is 0 Å². The second-order valence-electron chi connectivity index (χ2n) is 9.62. The molecule has 0 spiro atoms. The second-order valence-corrected chi connectivity index (χ2v) is 9.62. The summed E-state index contributed by atoms with van der Waals surface area (Å²) in [6.45, 7) is 6.90. The van der Waals surface area contributed by atoms with Crippen molar-refractivity contribution in [1.82, 2.24) is 0 Å². The van der Waals surface area contributed by atoms with Gasteiger partial charge in [-0.15, -0.1) is 0 Å². The van der Waals surface area contributed by atoms with Gasteiger partial charge in [-0.25, -0.2) is 0 Å².